The predicted molar refractivity (Wildman–Crippen MR) is 76.5 cm³/mol. The van der Waals surface area contributed by atoms with Gasteiger partial charge < -0.3 is 9.84 Å². The van der Waals surface area contributed by atoms with Crippen molar-refractivity contribution in [2.45, 2.75) is 30.6 Å². The lowest BCUT2D eigenvalue weighted by atomic mass is 9.61. The first-order valence-electron chi connectivity index (χ1n) is 6.01. The number of carbonyl (C=O) groups excluding carboxylic acids is 1. The topological polar surface area (TPSA) is 84.3 Å². The van der Waals surface area contributed by atoms with Crippen LogP contribution >= 0.6 is 12.2 Å². The van der Waals surface area contributed by atoms with E-state index in [1.807, 2.05) is 0 Å². The molecule has 2 N–H and O–H groups in total. The smallest absolute Gasteiger partial charge is 0.262 e. The van der Waals surface area contributed by atoms with Gasteiger partial charge in [-0.2, -0.15) is 0 Å². The van der Waals surface area contributed by atoms with Crippen molar-refractivity contribution >= 4 is 34.2 Å². The molecule has 2 unspecified atom stereocenters. The van der Waals surface area contributed by atoms with Crippen molar-refractivity contribution in [1.82, 2.24) is 9.55 Å². The molecule has 6 nitrogen and oxygen atoms in total. The Balaban J connectivity index is 2.32. The molecule has 0 amide bonds. The maximum absolute atomic E-state index is 11.4. The van der Waals surface area contributed by atoms with E-state index >= 15 is 0 Å². The number of H-pyrrole nitrogens is 1. The van der Waals surface area contributed by atoms with Crippen LogP contribution in [0, 0.1) is 4.77 Å². The minimum absolute atomic E-state index is 0.00362. The summed E-state index contributed by atoms with van der Waals surface area (Å²) in [4.78, 5) is 24.6. The molecule has 1 saturated heterocycles. The van der Waals surface area contributed by atoms with Crippen LogP contribution in [0.15, 0.2) is 11.0 Å². The summed E-state index contributed by atoms with van der Waals surface area (Å²) in [6, 6.07) is 0. The number of hydrogen-bond donors (Lipinski definition) is 2. The van der Waals surface area contributed by atoms with Crippen molar-refractivity contribution in [3.63, 3.8) is 0 Å². The molecule has 2 heterocycles. The Morgan fingerprint density at radius 1 is 1.58 bits per heavy atom. The molecule has 1 aromatic heterocycles. The summed E-state index contributed by atoms with van der Waals surface area (Å²) in [6.45, 7) is 0. The Kier molecular flexibility index (Phi) is 3.80. The summed E-state index contributed by atoms with van der Waals surface area (Å²) in [5.74, 6) is 0. The summed E-state index contributed by atoms with van der Waals surface area (Å²) in [5.41, 5.74) is -0.503. The van der Waals surface area contributed by atoms with Crippen molar-refractivity contribution in [3.05, 3.63) is 26.9 Å². The summed E-state index contributed by atoms with van der Waals surface area (Å²) in [6.07, 6.45) is 2.54. The van der Waals surface area contributed by atoms with Gasteiger partial charge in [-0.15, -0.1) is 0 Å². The van der Waals surface area contributed by atoms with Gasteiger partial charge in [-0.05, 0) is 25.1 Å². The van der Waals surface area contributed by atoms with Crippen molar-refractivity contribution < 1.29 is 14.6 Å². The molecule has 1 fully saturated rings. The lowest BCUT2D eigenvalue weighted by Gasteiger charge is -2.26. The van der Waals surface area contributed by atoms with E-state index in [9.17, 15) is 14.7 Å². The third-order valence-corrected chi connectivity index (χ3v) is 3.53. The van der Waals surface area contributed by atoms with Crippen LogP contribution in [-0.4, -0.2) is 48.1 Å². The maximum atomic E-state index is 11.4. The SMILES string of the molecule is BC(B)(O)C1CCC(n2cc(C=O)c(=O)[nH]c2=S)O1. The Hall–Kier alpha value is -1.18. The molecule has 0 bridgehead atoms. The van der Waals surface area contributed by atoms with Crippen LogP contribution in [-0.2, 0) is 4.74 Å². The molecule has 100 valence electrons. The van der Waals surface area contributed by atoms with E-state index in [-0.39, 0.29) is 22.7 Å². The minimum Gasteiger partial charge on any atom is -0.405 e. The number of hydrogen-bond acceptors (Lipinski definition) is 5. The molecule has 1 aliphatic heterocycles. The van der Waals surface area contributed by atoms with Crippen LogP contribution in [0.2, 0.25) is 0 Å². The monoisotopic (exact) mass is 280 g/mol. The molecule has 9 heteroatoms. The molecule has 1 aromatic rings. The van der Waals surface area contributed by atoms with Crippen molar-refractivity contribution in [1.29, 1.82) is 0 Å². The fourth-order valence-electron chi connectivity index (χ4n) is 2.14. The lowest BCUT2D eigenvalue weighted by Crippen LogP contribution is -2.43. The van der Waals surface area contributed by atoms with E-state index in [1.54, 1.807) is 20.3 Å². The number of nitrogens with one attached hydrogen (secondary N) is 1. The molecule has 2 rings (SSSR count). The quantitative estimate of drug-likeness (QED) is 0.392. The van der Waals surface area contributed by atoms with Crippen LogP contribution in [0.1, 0.15) is 29.4 Å². The Bertz CT molecular complexity index is 607. The fourth-order valence-corrected chi connectivity index (χ4v) is 2.41. The Morgan fingerprint density at radius 2 is 2.26 bits per heavy atom. The van der Waals surface area contributed by atoms with Gasteiger partial charge in [0, 0.05) is 11.6 Å². The first kappa shape index (κ1) is 14.2. The second-order valence-corrected chi connectivity index (χ2v) is 5.57. The van der Waals surface area contributed by atoms with E-state index in [1.165, 1.54) is 6.20 Å². The third kappa shape index (κ3) is 2.88. The minimum atomic E-state index is -0.938. The van der Waals surface area contributed by atoms with E-state index in [0.717, 1.165) is 0 Å². The number of rotatable bonds is 3. The Labute approximate surface area is 116 Å². The van der Waals surface area contributed by atoms with Gasteiger partial charge in [0.05, 0.1) is 11.7 Å². The van der Waals surface area contributed by atoms with Gasteiger partial charge in [0.25, 0.3) is 5.56 Å². The molecular formula is C10H14B2N2O4S. The molecule has 19 heavy (non-hydrogen) atoms. The first-order chi connectivity index (χ1) is 8.82. The van der Waals surface area contributed by atoms with Gasteiger partial charge in [-0.25, -0.2) is 0 Å². The fraction of sp³-hybridized carbons (Fsp3) is 0.500. The number of ether oxygens (including phenoxy) is 1. The van der Waals surface area contributed by atoms with Gasteiger partial charge in [0.2, 0.25) is 0 Å². The second kappa shape index (κ2) is 5.07. The number of nitrogens with zero attached hydrogens (tertiary/aromatic N) is 1. The lowest BCUT2D eigenvalue weighted by molar-refractivity contribution is -0.0496. The summed E-state index contributed by atoms with van der Waals surface area (Å²) in [5, 5.41) is 8.98. The number of carbonyl (C=O) groups is 1. The molecule has 0 aliphatic carbocycles. The van der Waals surface area contributed by atoms with Crippen LogP contribution in [0.5, 0.6) is 0 Å². The van der Waals surface area contributed by atoms with Gasteiger partial charge >= 0.3 is 0 Å². The van der Waals surface area contributed by atoms with Crippen LogP contribution < -0.4 is 5.56 Å². The third-order valence-electron chi connectivity index (χ3n) is 3.22. The number of aldehydes is 1. The molecule has 0 spiro atoms. The van der Waals surface area contributed by atoms with Crippen LogP contribution in [0.4, 0.5) is 0 Å². The highest BCUT2D eigenvalue weighted by Crippen LogP contribution is 2.31. The van der Waals surface area contributed by atoms with Crippen molar-refractivity contribution in [3.8, 4) is 0 Å². The van der Waals surface area contributed by atoms with Gasteiger partial charge in [0.1, 0.15) is 21.9 Å². The van der Waals surface area contributed by atoms with Gasteiger partial charge in [-0.3, -0.25) is 19.1 Å². The van der Waals surface area contributed by atoms with Crippen LogP contribution in [0.3, 0.4) is 0 Å². The molecule has 2 atom stereocenters. The van der Waals surface area contributed by atoms with Gasteiger partial charge in [-0.1, -0.05) is 0 Å². The van der Waals surface area contributed by atoms with Crippen molar-refractivity contribution in [2.24, 2.45) is 0 Å². The zero-order valence-electron chi connectivity index (χ0n) is 10.8. The average molecular weight is 280 g/mol. The first-order valence-corrected chi connectivity index (χ1v) is 6.42. The van der Waals surface area contributed by atoms with E-state index < -0.39 is 11.0 Å². The standard InChI is InChI=1S/C10H14B2N2O4S/c11-10(12,17)6-1-2-7(18-6)14-3-5(4-15)8(16)13-9(14)19/h3-4,6-7,17H,1-2,11-12H2,(H,13,16,19). The summed E-state index contributed by atoms with van der Waals surface area (Å²) in [7, 11) is 3.37. The van der Waals surface area contributed by atoms with Gasteiger partial charge in [0.15, 0.2) is 11.1 Å². The predicted octanol–water partition coefficient (Wildman–Crippen LogP) is -1.69. The normalized spacial score (nSPS) is 23.4. The molecule has 1 aliphatic rings. The summed E-state index contributed by atoms with van der Waals surface area (Å²) < 4.78 is 7.49. The zero-order valence-corrected chi connectivity index (χ0v) is 11.6. The number of aliphatic hydroxyl groups is 1. The molecule has 0 radical (unpaired) electrons. The maximum Gasteiger partial charge on any atom is 0.262 e. The average Bonchev–Trinajstić information content (AvgIpc) is 2.78. The molecular weight excluding hydrogens is 266 g/mol. The van der Waals surface area contributed by atoms with E-state index in [4.69, 9.17) is 17.0 Å². The highest BCUT2D eigenvalue weighted by atomic mass is 32.1. The van der Waals surface area contributed by atoms with E-state index in [2.05, 4.69) is 4.98 Å². The Morgan fingerprint density at radius 3 is 2.79 bits per heavy atom. The largest absolute Gasteiger partial charge is 0.405 e. The van der Waals surface area contributed by atoms with E-state index in [0.29, 0.717) is 19.1 Å². The second-order valence-electron chi connectivity index (χ2n) is 5.18. The van der Waals surface area contributed by atoms with Crippen LogP contribution in [0.25, 0.3) is 0 Å². The highest BCUT2D eigenvalue weighted by molar-refractivity contribution is 7.71. The summed E-state index contributed by atoms with van der Waals surface area (Å²) >= 11 is 5.06. The number of aromatic nitrogens is 2. The molecule has 0 saturated carbocycles. The van der Waals surface area contributed by atoms with Crippen molar-refractivity contribution in [2.75, 3.05) is 0 Å². The molecule has 0 aromatic carbocycles. The highest BCUT2D eigenvalue weighted by Gasteiger charge is 2.36. The zero-order chi connectivity index (χ0) is 14.2. The number of aromatic amines is 1.